The van der Waals surface area contributed by atoms with Crippen LogP contribution in [0, 0.1) is 5.92 Å². The molecule has 6 heteroatoms. The third kappa shape index (κ3) is 35.7. The van der Waals surface area contributed by atoms with Crippen molar-refractivity contribution in [3.05, 3.63) is 0 Å². The molecule has 0 N–H and O–H groups in total. The zero-order valence-corrected chi connectivity index (χ0v) is 32.4. The van der Waals surface area contributed by atoms with Gasteiger partial charge >= 0.3 is 17.9 Å². The highest BCUT2D eigenvalue weighted by atomic mass is 16.6. The smallest absolute Gasteiger partial charge is 0.306 e. The Bertz CT molecular complexity index is 721. The van der Waals surface area contributed by atoms with Crippen LogP contribution in [0.5, 0.6) is 0 Å². The Morgan fingerprint density at radius 1 is 0.396 bits per heavy atom. The average molecular weight is 681 g/mol. The number of hydrogen-bond acceptors (Lipinski definition) is 6. The van der Waals surface area contributed by atoms with Gasteiger partial charge in [-0.05, 0) is 25.2 Å². The van der Waals surface area contributed by atoms with Crippen LogP contribution in [0.1, 0.15) is 227 Å². The van der Waals surface area contributed by atoms with Gasteiger partial charge in [-0.3, -0.25) is 14.4 Å². The van der Waals surface area contributed by atoms with E-state index in [-0.39, 0.29) is 31.1 Å². The lowest BCUT2D eigenvalue weighted by Crippen LogP contribution is -2.30. The van der Waals surface area contributed by atoms with E-state index in [1.165, 1.54) is 116 Å². The van der Waals surface area contributed by atoms with Gasteiger partial charge in [-0.15, -0.1) is 0 Å². The molecule has 0 fully saturated rings. The molecule has 0 amide bonds. The summed E-state index contributed by atoms with van der Waals surface area (Å²) in [5.41, 5.74) is 0. The van der Waals surface area contributed by atoms with E-state index in [0.717, 1.165) is 70.1 Å². The molecule has 0 aliphatic rings. The van der Waals surface area contributed by atoms with Gasteiger partial charge < -0.3 is 14.2 Å². The maximum atomic E-state index is 12.6. The fourth-order valence-corrected chi connectivity index (χ4v) is 6.10. The highest BCUT2D eigenvalue weighted by molar-refractivity contribution is 5.71. The fourth-order valence-electron chi connectivity index (χ4n) is 6.10. The summed E-state index contributed by atoms with van der Waals surface area (Å²) in [5, 5.41) is 0. The van der Waals surface area contributed by atoms with Crippen molar-refractivity contribution in [2.45, 2.75) is 233 Å². The van der Waals surface area contributed by atoms with E-state index in [2.05, 4.69) is 27.7 Å². The first-order valence-corrected chi connectivity index (χ1v) is 20.9. The van der Waals surface area contributed by atoms with Gasteiger partial charge in [0.2, 0.25) is 0 Å². The SMILES string of the molecule is CCCCCCCCCCCCCCCC(=O)O[C@@H](COC(=O)CCCCCCC)COC(=O)CCCCCCCCCCCC(C)C. The summed E-state index contributed by atoms with van der Waals surface area (Å²) in [6.07, 6.45) is 34.0. The first kappa shape index (κ1) is 46.4. The number of unbranched alkanes of at least 4 members (excludes halogenated alkanes) is 24. The van der Waals surface area contributed by atoms with Crippen LogP contribution in [0.4, 0.5) is 0 Å². The second-order valence-electron chi connectivity index (χ2n) is 14.7. The second-order valence-corrected chi connectivity index (χ2v) is 14.7. The highest BCUT2D eigenvalue weighted by Gasteiger charge is 2.19. The van der Waals surface area contributed by atoms with E-state index in [0.29, 0.717) is 19.3 Å². The van der Waals surface area contributed by atoms with E-state index in [1.807, 2.05) is 0 Å². The molecule has 0 aromatic carbocycles. The molecular formula is C42H80O6. The van der Waals surface area contributed by atoms with Crippen molar-refractivity contribution in [3.63, 3.8) is 0 Å². The minimum absolute atomic E-state index is 0.0657. The lowest BCUT2D eigenvalue weighted by Gasteiger charge is -2.18. The zero-order chi connectivity index (χ0) is 35.3. The first-order valence-electron chi connectivity index (χ1n) is 20.9. The lowest BCUT2D eigenvalue weighted by molar-refractivity contribution is -0.167. The molecule has 0 saturated heterocycles. The number of esters is 3. The molecule has 48 heavy (non-hydrogen) atoms. The summed E-state index contributed by atoms with van der Waals surface area (Å²) in [5.74, 6) is -0.0654. The third-order valence-corrected chi connectivity index (χ3v) is 9.29. The van der Waals surface area contributed by atoms with Crippen LogP contribution in [0.3, 0.4) is 0 Å². The molecular weight excluding hydrogens is 600 g/mol. The van der Waals surface area contributed by atoms with Crippen molar-refractivity contribution in [2.75, 3.05) is 13.2 Å². The molecule has 1 atom stereocenters. The van der Waals surface area contributed by atoms with Crippen molar-refractivity contribution in [1.82, 2.24) is 0 Å². The predicted molar refractivity (Wildman–Crippen MR) is 201 cm³/mol. The molecule has 0 aromatic heterocycles. The van der Waals surface area contributed by atoms with Gasteiger partial charge in [0.25, 0.3) is 0 Å². The van der Waals surface area contributed by atoms with Crippen LogP contribution < -0.4 is 0 Å². The van der Waals surface area contributed by atoms with Gasteiger partial charge in [-0.1, -0.05) is 188 Å². The van der Waals surface area contributed by atoms with Gasteiger partial charge in [0.15, 0.2) is 6.10 Å². The van der Waals surface area contributed by atoms with Crippen LogP contribution in [0.25, 0.3) is 0 Å². The molecule has 0 spiro atoms. The maximum absolute atomic E-state index is 12.6. The van der Waals surface area contributed by atoms with Crippen LogP contribution in [0.2, 0.25) is 0 Å². The molecule has 0 saturated carbocycles. The third-order valence-electron chi connectivity index (χ3n) is 9.29. The summed E-state index contributed by atoms with van der Waals surface area (Å²) in [4.78, 5) is 37.3. The van der Waals surface area contributed by atoms with Crippen molar-refractivity contribution < 1.29 is 28.6 Å². The largest absolute Gasteiger partial charge is 0.462 e. The van der Waals surface area contributed by atoms with Gasteiger partial charge in [-0.25, -0.2) is 0 Å². The summed E-state index contributed by atoms with van der Waals surface area (Å²) < 4.78 is 16.6. The number of ether oxygens (including phenoxy) is 3. The standard InChI is InChI=1S/C42H80O6/c1-5-7-9-11-12-13-14-15-16-19-23-27-31-35-42(45)48-39(36-46-40(43)33-29-24-10-8-6-2)37-47-41(44)34-30-26-22-20-17-18-21-25-28-32-38(3)4/h38-39H,5-37H2,1-4H3/t39-/m0/s1. The number of carbonyl (C=O) groups is 3. The summed E-state index contributed by atoms with van der Waals surface area (Å²) in [6, 6.07) is 0. The Morgan fingerprint density at radius 3 is 1.02 bits per heavy atom. The van der Waals surface area contributed by atoms with Gasteiger partial charge in [0, 0.05) is 19.3 Å². The van der Waals surface area contributed by atoms with E-state index in [9.17, 15) is 14.4 Å². The Labute approximate surface area is 298 Å². The molecule has 0 aliphatic carbocycles. The minimum atomic E-state index is -0.756. The number of rotatable bonds is 37. The first-order chi connectivity index (χ1) is 23.4. The fraction of sp³-hybridized carbons (Fsp3) is 0.929. The van der Waals surface area contributed by atoms with Crippen molar-refractivity contribution >= 4 is 17.9 Å². The van der Waals surface area contributed by atoms with E-state index < -0.39 is 6.10 Å². The molecule has 0 aliphatic heterocycles. The molecule has 0 unspecified atom stereocenters. The summed E-state index contributed by atoms with van der Waals surface area (Å²) in [6.45, 7) is 8.88. The zero-order valence-electron chi connectivity index (χ0n) is 32.4. The lowest BCUT2D eigenvalue weighted by atomic mass is 10.0. The summed E-state index contributed by atoms with van der Waals surface area (Å²) in [7, 11) is 0. The van der Waals surface area contributed by atoms with Crippen LogP contribution in [0.15, 0.2) is 0 Å². The van der Waals surface area contributed by atoms with Crippen molar-refractivity contribution in [1.29, 1.82) is 0 Å². The average Bonchev–Trinajstić information content (AvgIpc) is 3.06. The van der Waals surface area contributed by atoms with Crippen molar-refractivity contribution in [2.24, 2.45) is 5.92 Å². The van der Waals surface area contributed by atoms with Crippen LogP contribution in [-0.2, 0) is 28.6 Å². The van der Waals surface area contributed by atoms with Crippen molar-refractivity contribution in [3.8, 4) is 0 Å². The Morgan fingerprint density at radius 2 is 0.688 bits per heavy atom. The van der Waals surface area contributed by atoms with E-state index in [4.69, 9.17) is 14.2 Å². The highest BCUT2D eigenvalue weighted by Crippen LogP contribution is 2.15. The second kappa shape index (κ2) is 36.7. The molecule has 0 radical (unpaired) electrons. The normalized spacial score (nSPS) is 11.9. The number of hydrogen-bond donors (Lipinski definition) is 0. The van der Waals surface area contributed by atoms with E-state index >= 15 is 0 Å². The molecule has 0 aromatic rings. The van der Waals surface area contributed by atoms with Gasteiger partial charge in [-0.2, -0.15) is 0 Å². The Balaban J connectivity index is 4.23. The molecule has 0 bridgehead atoms. The Hall–Kier alpha value is -1.59. The molecule has 0 rings (SSSR count). The number of carbonyl (C=O) groups excluding carboxylic acids is 3. The van der Waals surface area contributed by atoms with E-state index in [1.54, 1.807) is 0 Å². The predicted octanol–water partition coefficient (Wildman–Crippen LogP) is 12.8. The molecule has 0 heterocycles. The monoisotopic (exact) mass is 681 g/mol. The van der Waals surface area contributed by atoms with Gasteiger partial charge in [0.05, 0.1) is 0 Å². The Kier molecular flexibility index (Phi) is 35.5. The van der Waals surface area contributed by atoms with Crippen LogP contribution in [-0.4, -0.2) is 37.2 Å². The minimum Gasteiger partial charge on any atom is -0.462 e. The quantitative estimate of drug-likeness (QED) is 0.0369. The topological polar surface area (TPSA) is 78.9 Å². The summed E-state index contributed by atoms with van der Waals surface area (Å²) >= 11 is 0. The van der Waals surface area contributed by atoms with Crippen LogP contribution >= 0.6 is 0 Å². The maximum Gasteiger partial charge on any atom is 0.306 e. The molecule has 284 valence electrons. The van der Waals surface area contributed by atoms with Gasteiger partial charge in [0.1, 0.15) is 13.2 Å². The molecule has 6 nitrogen and oxygen atoms in total.